The molecular formula is C19H24F3N3O. The molecule has 0 saturated carbocycles. The average Bonchev–Trinajstić information content (AvgIpc) is 2.51. The predicted octanol–water partition coefficient (Wildman–Crippen LogP) is 5.35. The molecule has 0 atom stereocenters. The lowest BCUT2D eigenvalue weighted by Crippen LogP contribution is -2.20. The Morgan fingerprint density at radius 2 is 1.62 bits per heavy atom. The summed E-state index contributed by atoms with van der Waals surface area (Å²) in [6.45, 7) is 9.75. The molecule has 1 heterocycles. The molecule has 0 spiro atoms. The van der Waals surface area contributed by atoms with E-state index in [0.717, 1.165) is 11.8 Å². The number of halogens is 3. The van der Waals surface area contributed by atoms with Gasteiger partial charge < -0.3 is 9.64 Å². The van der Waals surface area contributed by atoms with Gasteiger partial charge in [-0.3, -0.25) is 0 Å². The molecule has 2 aromatic rings. The third-order valence-corrected chi connectivity index (χ3v) is 3.83. The zero-order valence-electron chi connectivity index (χ0n) is 15.8. The molecule has 1 aromatic carbocycles. The van der Waals surface area contributed by atoms with Crippen molar-refractivity contribution in [2.45, 2.75) is 52.3 Å². The highest BCUT2D eigenvalue weighted by atomic mass is 19.4. The van der Waals surface area contributed by atoms with Crippen molar-refractivity contribution in [2.75, 3.05) is 11.9 Å². The van der Waals surface area contributed by atoms with Crippen LogP contribution in [-0.4, -0.2) is 23.1 Å². The lowest BCUT2D eigenvalue weighted by atomic mass is 9.87. The highest BCUT2D eigenvalue weighted by molar-refractivity contribution is 5.63. The minimum Gasteiger partial charge on any atom is -0.461 e. The molecule has 0 bridgehead atoms. The third kappa shape index (κ3) is 4.65. The van der Waals surface area contributed by atoms with Crippen molar-refractivity contribution >= 4 is 11.5 Å². The number of alkyl halides is 3. The summed E-state index contributed by atoms with van der Waals surface area (Å²) in [6, 6.07) is 7.30. The van der Waals surface area contributed by atoms with Gasteiger partial charge in [-0.15, -0.1) is 0 Å². The van der Waals surface area contributed by atoms with Gasteiger partial charge in [-0.2, -0.15) is 18.2 Å². The van der Waals surface area contributed by atoms with Gasteiger partial charge in [-0.25, -0.2) is 4.98 Å². The molecule has 7 heteroatoms. The first-order valence-electron chi connectivity index (χ1n) is 8.34. The van der Waals surface area contributed by atoms with E-state index in [1.807, 2.05) is 12.1 Å². The van der Waals surface area contributed by atoms with Crippen LogP contribution < -0.4 is 9.64 Å². The van der Waals surface area contributed by atoms with Gasteiger partial charge in [0.05, 0.1) is 6.10 Å². The van der Waals surface area contributed by atoms with Crippen molar-refractivity contribution in [3.63, 3.8) is 0 Å². The first-order valence-corrected chi connectivity index (χ1v) is 8.34. The molecular weight excluding hydrogens is 343 g/mol. The number of rotatable bonds is 4. The number of aromatic nitrogens is 2. The fourth-order valence-corrected chi connectivity index (χ4v) is 2.39. The van der Waals surface area contributed by atoms with Gasteiger partial charge in [-0.1, -0.05) is 32.9 Å². The Morgan fingerprint density at radius 1 is 1.04 bits per heavy atom. The Morgan fingerprint density at radius 3 is 2.08 bits per heavy atom. The summed E-state index contributed by atoms with van der Waals surface area (Å²) in [5.74, 6) is -0.244. The molecule has 142 valence electrons. The monoisotopic (exact) mass is 367 g/mol. The van der Waals surface area contributed by atoms with Crippen LogP contribution in [-0.2, 0) is 11.6 Å². The lowest BCUT2D eigenvalue weighted by molar-refractivity contribution is -0.137. The minimum absolute atomic E-state index is 0.0403. The van der Waals surface area contributed by atoms with Crippen molar-refractivity contribution in [1.82, 2.24) is 9.97 Å². The van der Waals surface area contributed by atoms with Crippen molar-refractivity contribution in [3.8, 4) is 6.01 Å². The van der Waals surface area contributed by atoms with Crippen molar-refractivity contribution in [1.29, 1.82) is 0 Å². The fraction of sp³-hybridized carbons (Fsp3) is 0.474. The first-order chi connectivity index (χ1) is 11.9. The number of ether oxygens (including phenoxy) is 1. The number of nitrogens with zero attached hydrogens (tertiary/aromatic N) is 3. The highest BCUT2D eigenvalue weighted by Crippen LogP contribution is 2.38. The Labute approximate surface area is 152 Å². The number of hydrogen-bond donors (Lipinski definition) is 0. The second-order valence-electron chi connectivity index (χ2n) is 7.41. The summed E-state index contributed by atoms with van der Waals surface area (Å²) in [5.41, 5.74) is 0.743. The molecule has 4 nitrogen and oxygen atoms in total. The minimum atomic E-state index is -4.56. The SMILES string of the molecule is CC(C)Oc1ncc(C(F)(F)F)c(N(C)c2ccc(C(C)(C)C)cc2)n1. The molecule has 0 saturated heterocycles. The van der Waals surface area contributed by atoms with Crippen LogP contribution in [0.25, 0.3) is 0 Å². The second-order valence-corrected chi connectivity index (χ2v) is 7.41. The molecule has 0 N–H and O–H groups in total. The van der Waals surface area contributed by atoms with Crippen molar-refractivity contribution in [3.05, 3.63) is 41.6 Å². The van der Waals surface area contributed by atoms with E-state index in [4.69, 9.17) is 4.74 Å². The van der Waals surface area contributed by atoms with Gasteiger partial charge in [0, 0.05) is 18.9 Å². The van der Waals surface area contributed by atoms with E-state index in [1.165, 1.54) is 4.90 Å². The van der Waals surface area contributed by atoms with Crippen LogP contribution in [0.2, 0.25) is 0 Å². The maximum absolute atomic E-state index is 13.4. The molecule has 0 unspecified atom stereocenters. The van der Waals surface area contributed by atoms with Gasteiger partial charge in [0.15, 0.2) is 5.82 Å². The van der Waals surface area contributed by atoms with Crippen LogP contribution in [0, 0.1) is 0 Å². The van der Waals surface area contributed by atoms with Crippen LogP contribution in [0.4, 0.5) is 24.7 Å². The summed E-state index contributed by atoms with van der Waals surface area (Å²) in [4.78, 5) is 9.08. The topological polar surface area (TPSA) is 38.2 Å². The van der Waals surface area contributed by atoms with Crippen LogP contribution in [0.1, 0.15) is 45.7 Å². The zero-order chi connectivity index (χ0) is 19.7. The Balaban J connectivity index is 2.46. The van der Waals surface area contributed by atoms with Crippen LogP contribution in [0.3, 0.4) is 0 Å². The fourth-order valence-electron chi connectivity index (χ4n) is 2.39. The summed E-state index contributed by atoms with van der Waals surface area (Å²) in [5, 5.41) is 0. The van der Waals surface area contributed by atoms with Gasteiger partial charge in [0.2, 0.25) is 0 Å². The predicted molar refractivity (Wildman–Crippen MR) is 96.0 cm³/mol. The number of hydrogen-bond acceptors (Lipinski definition) is 4. The standard InChI is InChI=1S/C19H24F3N3O/c1-12(2)26-17-23-11-15(19(20,21)22)16(24-17)25(6)14-9-7-13(8-10-14)18(3,4)5/h7-12H,1-6H3. The molecule has 26 heavy (non-hydrogen) atoms. The lowest BCUT2D eigenvalue weighted by Gasteiger charge is -2.24. The summed E-state index contributed by atoms with van der Waals surface area (Å²) < 4.78 is 45.5. The van der Waals surface area contributed by atoms with Crippen LogP contribution in [0.15, 0.2) is 30.5 Å². The molecule has 2 rings (SSSR count). The molecule has 0 radical (unpaired) electrons. The van der Waals surface area contributed by atoms with Crippen molar-refractivity contribution < 1.29 is 17.9 Å². The molecule has 0 aliphatic rings. The molecule has 1 aromatic heterocycles. The number of anilines is 2. The maximum Gasteiger partial charge on any atom is 0.421 e. The van der Waals surface area contributed by atoms with Gasteiger partial charge in [0.25, 0.3) is 0 Å². The van der Waals surface area contributed by atoms with Gasteiger partial charge in [0.1, 0.15) is 5.56 Å². The molecule has 0 amide bonds. The van der Waals surface area contributed by atoms with E-state index in [0.29, 0.717) is 5.69 Å². The zero-order valence-corrected chi connectivity index (χ0v) is 15.8. The van der Waals surface area contributed by atoms with E-state index in [2.05, 4.69) is 30.7 Å². The quantitative estimate of drug-likeness (QED) is 0.730. The largest absolute Gasteiger partial charge is 0.461 e. The average molecular weight is 367 g/mol. The van der Waals surface area contributed by atoms with Crippen molar-refractivity contribution in [2.24, 2.45) is 0 Å². The summed E-state index contributed by atoms with van der Waals surface area (Å²) in [6.07, 6.45) is -4.04. The Hall–Kier alpha value is -2.31. The first kappa shape index (κ1) is 20.0. The highest BCUT2D eigenvalue weighted by Gasteiger charge is 2.37. The normalized spacial score (nSPS) is 12.4. The van der Waals surface area contributed by atoms with Gasteiger partial charge in [-0.05, 0) is 37.0 Å². The van der Waals surface area contributed by atoms with E-state index >= 15 is 0 Å². The molecule has 0 aliphatic heterocycles. The van der Waals surface area contributed by atoms with E-state index in [-0.39, 0.29) is 23.3 Å². The molecule has 0 fully saturated rings. The Bertz CT molecular complexity index is 750. The summed E-state index contributed by atoms with van der Waals surface area (Å²) >= 11 is 0. The third-order valence-electron chi connectivity index (χ3n) is 3.83. The van der Waals surface area contributed by atoms with Gasteiger partial charge >= 0.3 is 12.2 Å². The van der Waals surface area contributed by atoms with Crippen LogP contribution in [0.5, 0.6) is 6.01 Å². The molecule has 0 aliphatic carbocycles. The number of benzene rings is 1. The smallest absolute Gasteiger partial charge is 0.421 e. The van der Waals surface area contributed by atoms with E-state index in [1.54, 1.807) is 33.0 Å². The van der Waals surface area contributed by atoms with Crippen LogP contribution >= 0.6 is 0 Å². The van der Waals surface area contributed by atoms with E-state index < -0.39 is 11.7 Å². The second kappa shape index (κ2) is 7.13. The summed E-state index contributed by atoms with van der Waals surface area (Å²) in [7, 11) is 1.54. The Kier molecular flexibility index (Phi) is 5.49. The van der Waals surface area contributed by atoms with E-state index in [9.17, 15) is 13.2 Å². The maximum atomic E-state index is 13.4.